The summed E-state index contributed by atoms with van der Waals surface area (Å²) in [5, 5.41) is 0. The Bertz CT molecular complexity index is 368. The summed E-state index contributed by atoms with van der Waals surface area (Å²) >= 11 is 16.6. The summed E-state index contributed by atoms with van der Waals surface area (Å²) in [5.41, 5.74) is 0.0807. The minimum absolute atomic E-state index is 0.0807. The molecular weight excluding hydrogens is 300 g/mol. The van der Waals surface area contributed by atoms with Crippen LogP contribution >= 0.6 is 33.2 Å². The Hall–Kier alpha value is 0.0969. The van der Waals surface area contributed by atoms with Gasteiger partial charge in [0.25, 0.3) is 0 Å². The maximum atomic E-state index is 13.4. The molecule has 0 heterocycles. The SMILES string of the molecule is Fc1ccc(CC(F)C[Si](Cl)(Cl)Cl)c(F)c1. The lowest BCUT2D eigenvalue weighted by atomic mass is 10.1. The second kappa shape index (κ2) is 5.62. The number of benzene rings is 1. The van der Waals surface area contributed by atoms with E-state index in [-0.39, 0.29) is 18.0 Å². The Balaban J connectivity index is 2.66. The van der Waals surface area contributed by atoms with Crippen molar-refractivity contribution in [3.05, 3.63) is 35.4 Å². The number of rotatable bonds is 4. The molecule has 0 radical (unpaired) electrons. The standard InChI is InChI=1S/C9H8Cl3F3Si/c10-16(11,12)5-8(14)3-6-1-2-7(13)4-9(6)15/h1-2,4,8H,3,5H2. The number of hydrogen-bond acceptors (Lipinski definition) is 0. The lowest BCUT2D eigenvalue weighted by Gasteiger charge is -2.12. The Morgan fingerprint density at radius 3 is 2.31 bits per heavy atom. The third-order valence-corrected chi connectivity index (χ3v) is 4.20. The van der Waals surface area contributed by atoms with Crippen LogP contribution in [-0.2, 0) is 6.42 Å². The van der Waals surface area contributed by atoms with Crippen molar-refractivity contribution in [3.63, 3.8) is 0 Å². The molecule has 0 N–H and O–H groups in total. The first-order valence-corrected chi connectivity index (χ1v) is 9.67. The van der Waals surface area contributed by atoms with E-state index >= 15 is 0 Å². The van der Waals surface area contributed by atoms with E-state index in [4.69, 9.17) is 33.2 Å². The molecule has 0 aliphatic rings. The van der Waals surface area contributed by atoms with Crippen LogP contribution in [0.25, 0.3) is 0 Å². The largest absolute Gasteiger partial charge is 0.344 e. The first kappa shape index (κ1) is 14.2. The average molecular weight is 308 g/mol. The van der Waals surface area contributed by atoms with Gasteiger partial charge in [0.15, 0.2) is 0 Å². The fourth-order valence-corrected chi connectivity index (χ4v) is 3.40. The van der Waals surface area contributed by atoms with E-state index in [1.165, 1.54) is 6.07 Å². The molecule has 0 bridgehead atoms. The number of alkyl halides is 1. The second-order valence-corrected chi connectivity index (χ2v) is 12.5. The van der Waals surface area contributed by atoms with Gasteiger partial charge in [-0.25, -0.2) is 13.2 Å². The van der Waals surface area contributed by atoms with Crippen molar-refractivity contribution in [1.29, 1.82) is 0 Å². The molecule has 0 aromatic heterocycles. The molecule has 1 aromatic carbocycles. The van der Waals surface area contributed by atoms with Crippen LogP contribution in [0.15, 0.2) is 18.2 Å². The van der Waals surface area contributed by atoms with E-state index in [0.29, 0.717) is 6.07 Å². The minimum Gasteiger partial charge on any atom is -0.247 e. The molecule has 16 heavy (non-hydrogen) atoms. The van der Waals surface area contributed by atoms with E-state index in [9.17, 15) is 13.2 Å². The Kier molecular flexibility index (Phi) is 4.98. The summed E-state index contributed by atoms with van der Waals surface area (Å²) in [6.45, 7) is 0. The van der Waals surface area contributed by atoms with Crippen LogP contribution in [-0.4, -0.2) is 12.2 Å². The molecule has 0 amide bonds. The predicted molar refractivity (Wildman–Crippen MR) is 63.1 cm³/mol. The molecule has 0 aliphatic heterocycles. The molecule has 1 unspecified atom stereocenters. The normalized spacial score (nSPS) is 13.9. The molecule has 0 aliphatic carbocycles. The van der Waals surface area contributed by atoms with Crippen LogP contribution in [0.2, 0.25) is 6.04 Å². The van der Waals surface area contributed by atoms with Gasteiger partial charge in [-0.3, -0.25) is 0 Å². The molecule has 0 spiro atoms. The lowest BCUT2D eigenvalue weighted by Crippen LogP contribution is -2.19. The third kappa shape index (κ3) is 4.95. The predicted octanol–water partition coefficient (Wildman–Crippen LogP) is 4.50. The highest BCUT2D eigenvalue weighted by Crippen LogP contribution is 2.29. The zero-order chi connectivity index (χ0) is 12.3. The van der Waals surface area contributed by atoms with Crippen molar-refractivity contribution >= 4 is 39.2 Å². The summed E-state index contributed by atoms with van der Waals surface area (Å²) in [6.07, 6.45) is -1.65. The van der Waals surface area contributed by atoms with Crippen molar-refractivity contribution in [2.45, 2.75) is 18.6 Å². The van der Waals surface area contributed by atoms with Gasteiger partial charge in [-0.05, 0) is 11.6 Å². The van der Waals surface area contributed by atoms with Crippen molar-refractivity contribution in [2.24, 2.45) is 0 Å². The van der Waals surface area contributed by atoms with Crippen LogP contribution in [0.1, 0.15) is 5.56 Å². The quantitative estimate of drug-likeness (QED) is 0.567. The van der Waals surface area contributed by atoms with Gasteiger partial charge in [-0.15, -0.1) is 33.2 Å². The van der Waals surface area contributed by atoms with Crippen LogP contribution in [0.3, 0.4) is 0 Å². The van der Waals surface area contributed by atoms with Gasteiger partial charge in [0, 0.05) is 18.5 Å². The molecule has 0 saturated carbocycles. The van der Waals surface area contributed by atoms with Crippen LogP contribution in [0.5, 0.6) is 0 Å². The molecule has 1 aromatic rings. The fourth-order valence-electron chi connectivity index (χ4n) is 1.25. The van der Waals surface area contributed by atoms with Crippen LogP contribution in [0, 0.1) is 11.6 Å². The first-order chi connectivity index (χ1) is 7.28. The third-order valence-electron chi connectivity index (χ3n) is 1.91. The molecular formula is C9H8Cl3F3Si. The van der Waals surface area contributed by atoms with Crippen LogP contribution < -0.4 is 0 Å². The average Bonchev–Trinajstić information content (AvgIpc) is 2.06. The van der Waals surface area contributed by atoms with E-state index in [0.717, 1.165) is 6.07 Å². The van der Waals surface area contributed by atoms with Gasteiger partial charge in [0.1, 0.15) is 17.8 Å². The van der Waals surface area contributed by atoms with E-state index in [1.807, 2.05) is 0 Å². The zero-order valence-electron chi connectivity index (χ0n) is 7.99. The van der Waals surface area contributed by atoms with Gasteiger partial charge in [-0.2, -0.15) is 0 Å². The van der Waals surface area contributed by atoms with E-state index in [1.54, 1.807) is 0 Å². The van der Waals surface area contributed by atoms with E-state index < -0.39 is 23.8 Å². The van der Waals surface area contributed by atoms with Crippen LogP contribution in [0.4, 0.5) is 13.2 Å². The summed E-state index contributed by atoms with van der Waals surface area (Å²) in [6, 6.07) is -0.295. The molecule has 0 nitrogen and oxygen atoms in total. The van der Waals surface area contributed by atoms with Gasteiger partial charge in [0.2, 0.25) is 0 Å². The molecule has 7 heteroatoms. The molecule has 90 valence electrons. The minimum atomic E-state index is -3.06. The maximum absolute atomic E-state index is 13.4. The maximum Gasteiger partial charge on any atom is 0.344 e. The Morgan fingerprint density at radius 1 is 1.19 bits per heavy atom. The summed E-state index contributed by atoms with van der Waals surface area (Å²) < 4.78 is 39.1. The summed E-state index contributed by atoms with van der Waals surface area (Å²) in [7, 11) is 0. The van der Waals surface area contributed by atoms with Crippen molar-refractivity contribution < 1.29 is 13.2 Å². The monoisotopic (exact) mass is 306 g/mol. The number of halogens is 6. The van der Waals surface area contributed by atoms with Gasteiger partial charge in [0.05, 0.1) is 0 Å². The van der Waals surface area contributed by atoms with Crippen molar-refractivity contribution in [1.82, 2.24) is 0 Å². The smallest absolute Gasteiger partial charge is 0.247 e. The van der Waals surface area contributed by atoms with Crippen molar-refractivity contribution in [2.75, 3.05) is 0 Å². The van der Waals surface area contributed by atoms with Gasteiger partial charge in [-0.1, -0.05) is 6.07 Å². The summed E-state index contributed by atoms with van der Waals surface area (Å²) in [5.74, 6) is -1.49. The second-order valence-electron chi connectivity index (χ2n) is 3.36. The highest BCUT2D eigenvalue weighted by Gasteiger charge is 2.30. The first-order valence-electron chi connectivity index (χ1n) is 4.42. The van der Waals surface area contributed by atoms with E-state index in [2.05, 4.69) is 0 Å². The molecule has 1 rings (SSSR count). The zero-order valence-corrected chi connectivity index (χ0v) is 11.3. The fraction of sp³-hybridized carbons (Fsp3) is 0.333. The topological polar surface area (TPSA) is 0 Å². The number of hydrogen-bond donors (Lipinski definition) is 0. The molecule has 1 atom stereocenters. The summed E-state index contributed by atoms with van der Waals surface area (Å²) in [4.78, 5) is 0. The molecule has 0 saturated heterocycles. The molecule has 0 fully saturated rings. The Labute approximate surface area is 106 Å². The van der Waals surface area contributed by atoms with Crippen molar-refractivity contribution in [3.8, 4) is 0 Å². The Morgan fingerprint density at radius 2 is 1.81 bits per heavy atom. The van der Waals surface area contributed by atoms with Gasteiger partial charge < -0.3 is 0 Å². The highest BCUT2D eigenvalue weighted by molar-refractivity contribution is 7.64. The van der Waals surface area contributed by atoms with Gasteiger partial charge >= 0.3 is 6.00 Å². The lowest BCUT2D eigenvalue weighted by molar-refractivity contribution is 0.354. The highest BCUT2D eigenvalue weighted by atomic mass is 35.8.